The van der Waals surface area contributed by atoms with Crippen molar-refractivity contribution in [1.29, 1.82) is 0 Å². The maximum Gasteiger partial charge on any atom is 0.263 e. The molecule has 9 heteroatoms. The Balaban J connectivity index is 1.70. The number of aryl methyl sites for hydroxylation is 1. The van der Waals surface area contributed by atoms with Crippen molar-refractivity contribution in [3.05, 3.63) is 29.1 Å². The zero-order valence-electron chi connectivity index (χ0n) is 15.4. The number of piperidine rings is 1. The quantitative estimate of drug-likeness (QED) is 0.762. The molecule has 1 atom stereocenters. The summed E-state index contributed by atoms with van der Waals surface area (Å²) in [5.74, 6) is -2.20. The van der Waals surface area contributed by atoms with Crippen molar-refractivity contribution >= 4 is 43.2 Å². The van der Waals surface area contributed by atoms with Gasteiger partial charge in [0.15, 0.2) is 14.6 Å². The monoisotopic (exact) mass is 409 g/mol. The average Bonchev–Trinajstić information content (AvgIpc) is 2.90. The Labute approximate surface area is 162 Å². The molecule has 7 nitrogen and oxygen atoms in total. The largest absolute Gasteiger partial charge is 0.342 e. The maximum atomic E-state index is 12.3. The van der Waals surface area contributed by atoms with E-state index in [4.69, 9.17) is 0 Å². The SMILES string of the molecule is CC1CCCN(C(=O)CS(=O)(=O)CC(=O)N=c2sc3ccccc3n2C)C1. The Morgan fingerprint density at radius 1 is 1.26 bits per heavy atom. The van der Waals surface area contributed by atoms with E-state index in [1.807, 2.05) is 31.2 Å². The van der Waals surface area contributed by atoms with Gasteiger partial charge in [0.25, 0.3) is 5.91 Å². The number of carbonyl (C=O) groups is 2. The minimum atomic E-state index is -3.85. The van der Waals surface area contributed by atoms with Crippen molar-refractivity contribution in [1.82, 2.24) is 9.47 Å². The van der Waals surface area contributed by atoms with Crippen molar-refractivity contribution in [2.45, 2.75) is 19.8 Å². The lowest BCUT2D eigenvalue weighted by molar-refractivity contribution is -0.130. The van der Waals surface area contributed by atoms with Crippen molar-refractivity contribution in [3.8, 4) is 0 Å². The first-order valence-electron chi connectivity index (χ1n) is 8.85. The number of thiazole rings is 1. The van der Waals surface area contributed by atoms with Gasteiger partial charge in [-0.05, 0) is 30.9 Å². The van der Waals surface area contributed by atoms with E-state index in [9.17, 15) is 18.0 Å². The lowest BCUT2D eigenvalue weighted by Crippen LogP contribution is -2.42. The summed E-state index contributed by atoms with van der Waals surface area (Å²) >= 11 is 1.32. The van der Waals surface area contributed by atoms with Gasteiger partial charge >= 0.3 is 0 Å². The Kier molecular flexibility index (Phi) is 5.81. The highest BCUT2D eigenvalue weighted by atomic mass is 32.2. The summed E-state index contributed by atoms with van der Waals surface area (Å²) in [6, 6.07) is 7.60. The average molecular weight is 410 g/mol. The van der Waals surface area contributed by atoms with Gasteiger partial charge in [0.05, 0.1) is 10.2 Å². The van der Waals surface area contributed by atoms with E-state index in [1.54, 1.807) is 16.5 Å². The van der Waals surface area contributed by atoms with E-state index in [-0.39, 0.29) is 0 Å². The maximum absolute atomic E-state index is 12.3. The van der Waals surface area contributed by atoms with Gasteiger partial charge in [-0.3, -0.25) is 9.59 Å². The molecule has 0 radical (unpaired) electrons. The van der Waals surface area contributed by atoms with Crippen LogP contribution in [0.5, 0.6) is 0 Å². The molecule has 0 aliphatic carbocycles. The van der Waals surface area contributed by atoms with E-state index in [0.717, 1.165) is 23.1 Å². The van der Waals surface area contributed by atoms with Crippen molar-refractivity contribution in [2.24, 2.45) is 18.0 Å². The summed E-state index contributed by atoms with van der Waals surface area (Å²) < 4.78 is 27.3. The van der Waals surface area contributed by atoms with E-state index in [2.05, 4.69) is 4.99 Å². The topological polar surface area (TPSA) is 88.8 Å². The van der Waals surface area contributed by atoms with Crippen molar-refractivity contribution < 1.29 is 18.0 Å². The van der Waals surface area contributed by atoms with E-state index >= 15 is 0 Å². The van der Waals surface area contributed by atoms with Crippen molar-refractivity contribution in [3.63, 3.8) is 0 Å². The smallest absolute Gasteiger partial charge is 0.263 e. The highest BCUT2D eigenvalue weighted by molar-refractivity contribution is 7.92. The number of hydrogen-bond acceptors (Lipinski definition) is 5. The van der Waals surface area contributed by atoms with Crippen LogP contribution in [0, 0.1) is 5.92 Å². The third-order valence-electron chi connectivity index (χ3n) is 4.63. The second kappa shape index (κ2) is 7.93. The van der Waals surface area contributed by atoms with Gasteiger partial charge in [-0.2, -0.15) is 4.99 Å². The Morgan fingerprint density at radius 3 is 2.70 bits per heavy atom. The fourth-order valence-electron chi connectivity index (χ4n) is 3.26. The van der Waals surface area contributed by atoms with Crippen LogP contribution in [0.3, 0.4) is 0 Å². The fraction of sp³-hybridized carbons (Fsp3) is 0.500. The second-order valence-electron chi connectivity index (χ2n) is 7.04. The van der Waals surface area contributed by atoms with Crippen LogP contribution in [0.15, 0.2) is 29.3 Å². The molecule has 0 bridgehead atoms. The third-order valence-corrected chi connectivity index (χ3v) is 7.12. The molecule has 3 rings (SSSR count). The molecular weight excluding hydrogens is 386 g/mol. The Bertz CT molecular complexity index is 1040. The van der Waals surface area contributed by atoms with Crippen LogP contribution in [0.25, 0.3) is 10.2 Å². The number of carbonyl (C=O) groups excluding carboxylic acids is 2. The van der Waals surface area contributed by atoms with Crippen LogP contribution in [0.1, 0.15) is 19.8 Å². The van der Waals surface area contributed by atoms with Gasteiger partial charge in [0.2, 0.25) is 5.91 Å². The number of fused-ring (bicyclic) bond motifs is 1. The Morgan fingerprint density at radius 2 is 2.00 bits per heavy atom. The predicted molar refractivity (Wildman–Crippen MR) is 105 cm³/mol. The minimum Gasteiger partial charge on any atom is -0.342 e. The second-order valence-corrected chi connectivity index (χ2v) is 10.1. The zero-order valence-corrected chi connectivity index (χ0v) is 17.1. The van der Waals surface area contributed by atoms with Gasteiger partial charge in [0.1, 0.15) is 11.5 Å². The van der Waals surface area contributed by atoms with Gasteiger partial charge in [-0.1, -0.05) is 30.4 Å². The molecule has 0 spiro atoms. The molecule has 0 N–H and O–H groups in total. The molecule has 1 aliphatic heterocycles. The molecule has 1 aliphatic rings. The molecule has 2 amide bonds. The lowest BCUT2D eigenvalue weighted by Gasteiger charge is -2.30. The highest BCUT2D eigenvalue weighted by Gasteiger charge is 2.27. The molecule has 1 aromatic carbocycles. The van der Waals surface area contributed by atoms with E-state index < -0.39 is 33.2 Å². The molecular formula is C18H23N3O4S2. The van der Waals surface area contributed by atoms with Gasteiger partial charge in [-0.25, -0.2) is 8.42 Å². The van der Waals surface area contributed by atoms with Gasteiger partial charge < -0.3 is 9.47 Å². The molecule has 1 fully saturated rings. The summed E-state index contributed by atoms with van der Waals surface area (Å²) in [6.45, 7) is 3.19. The number of sulfone groups is 1. The molecule has 1 saturated heterocycles. The standard InChI is InChI=1S/C18H23N3O4S2/c1-13-6-5-9-21(10-13)17(23)12-27(24,25)11-16(22)19-18-20(2)14-7-3-4-8-15(14)26-18/h3-4,7-8,13H,5-6,9-12H2,1-2H3. The van der Waals surface area contributed by atoms with Crippen LogP contribution in [-0.4, -0.2) is 54.3 Å². The first kappa shape index (κ1) is 19.8. The molecule has 1 aromatic heterocycles. The number of benzene rings is 1. The predicted octanol–water partition coefficient (Wildman–Crippen LogP) is 1.34. The normalized spacial score (nSPS) is 18.8. The van der Waals surface area contributed by atoms with Crippen LogP contribution >= 0.6 is 11.3 Å². The summed E-state index contributed by atoms with van der Waals surface area (Å²) in [5.41, 5.74) is 0.923. The van der Waals surface area contributed by atoms with Crippen LogP contribution in [0.2, 0.25) is 0 Å². The Hall–Kier alpha value is -2.00. The van der Waals surface area contributed by atoms with Gasteiger partial charge in [0, 0.05) is 20.1 Å². The number of para-hydroxylation sites is 1. The molecule has 2 aromatic rings. The summed E-state index contributed by atoms with van der Waals surface area (Å²) in [5, 5.41) is 0. The number of likely N-dealkylation sites (tertiary alicyclic amines) is 1. The molecule has 2 heterocycles. The number of hydrogen-bond donors (Lipinski definition) is 0. The molecule has 1 unspecified atom stereocenters. The molecule has 0 saturated carbocycles. The molecule has 146 valence electrons. The highest BCUT2D eigenvalue weighted by Crippen LogP contribution is 2.16. The van der Waals surface area contributed by atoms with Crippen molar-refractivity contribution in [2.75, 3.05) is 24.6 Å². The number of nitrogens with zero attached hydrogens (tertiary/aromatic N) is 3. The summed E-state index contributed by atoms with van der Waals surface area (Å²) in [4.78, 5) is 30.4. The number of amides is 2. The summed E-state index contributed by atoms with van der Waals surface area (Å²) in [7, 11) is -2.07. The fourth-order valence-corrected chi connectivity index (χ4v) is 5.40. The molecule has 27 heavy (non-hydrogen) atoms. The minimum absolute atomic E-state index is 0.370. The van der Waals surface area contributed by atoms with Gasteiger partial charge in [-0.15, -0.1) is 0 Å². The number of rotatable bonds is 4. The van der Waals surface area contributed by atoms with Crippen LogP contribution in [-0.2, 0) is 26.5 Å². The first-order chi connectivity index (χ1) is 12.7. The van der Waals surface area contributed by atoms with E-state index in [0.29, 0.717) is 23.8 Å². The number of aromatic nitrogens is 1. The lowest BCUT2D eigenvalue weighted by atomic mass is 10.0. The van der Waals surface area contributed by atoms with E-state index in [1.165, 1.54) is 11.3 Å². The zero-order chi connectivity index (χ0) is 19.6. The first-order valence-corrected chi connectivity index (χ1v) is 11.5. The summed E-state index contributed by atoms with van der Waals surface area (Å²) in [6.07, 6.45) is 1.92. The third kappa shape index (κ3) is 4.84. The van der Waals surface area contributed by atoms with Crippen LogP contribution < -0.4 is 4.80 Å². The van der Waals surface area contributed by atoms with Crippen LogP contribution in [0.4, 0.5) is 0 Å².